The van der Waals surface area contributed by atoms with Crippen LogP contribution in [0.2, 0.25) is 0 Å². The fourth-order valence-electron chi connectivity index (χ4n) is 2.67. The summed E-state index contributed by atoms with van der Waals surface area (Å²) in [5.41, 5.74) is 8.15. The Bertz CT molecular complexity index is 517. The van der Waals surface area contributed by atoms with Gasteiger partial charge in [0.15, 0.2) is 0 Å². The van der Waals surface area contributed by atoms with E-state index in [1.165, 1.54) is 42.6 Å². The molecule has 110 valence electrons. The summed E-state index contributed by atoms with van der Waals surface area (Å²) in [6.45, 7) is 4.80. The first-order chi connectivity index (χ1) is 9.61. The Hall–Kier alpha value is -1.23. The Balaban J connectivity index is 1.86. The van der Waals surface area contributed by atoms with E-state index in [0.29, 0.717) is 29.1 Å². The lowest BCUT2D eigenvalue weighted by atomic mass is 10.1. The minimum atomic E-state index is -0.0379. The van der Waals surface area contributed by atoms with E-state index in [1.54, 1.807) is 0 Å². The van der Waals surface area contributed by atoms with Gasteiger partial charge in [-0.1, -0.05) is 0 Å². The first kappa shape index (κ1) is 13.7. The van der Waals surface area contributed by atoms with E-state index in [1.807, 2.05) is 6.92 Å². The average molecular weight is 293 g/mol. The Kier molecular flexibility index (Phi) is 3.63. The molecule has 0 saturated heterocycles. The third-order valence-electron chi connectivity index (χ3n) is 4.20. The second-order valence-corrected chi connectivity index (χ2v) is 7.01. The van der Waals surface area contributed by atoms with Gasteiger partial charge in [-0.25, -0.2) is 0 Å². The number of anilines is 2. The summed E-state index contributed by atoms with van der Waals surface area (Å²) in [5, 5.41) is 7.60. The molecule has 2 aliphatic carbocycles. The van der Waals surface area contributed by atoms with Gasteiger partial charge < -0.3 is 16.4 Å². The lowest BCUT2D eigenvalue weighted by Gasteiger charge is -2.14. The Labute approximate surface area is 124 Å². The molecule has 0 radical (unpaired) electrons. The van der Waals surface area contributed by atoms with E-state index < -0.39 is 0 Å². The largest absolute Gasteiger partial charge is 0.397 e. The van der Waals surface area contributed by atoms with Gasteiger partial charge in [-0.3, -0.25) is 4.79 Å². The van der Waals surface area contributed by atoms with Crippen LogP contribution in [0.4, 0.5) is 10.7 Å². The molecule has 0 bridgehead atoms. The van der Waals surface area contributed by atoms with E-state index in [4.69, 9.17) is 5.73 Å². The standard InChI is InChI=1S/C15H23N3OS/c1-3-17-14(19)13-12(16)11(10-6-7-10)15(20-13)18-8(2)9-4-5-9/h8-10,18H,3-7,16H2,1-2H3,(H,17,19). The van der Waals surface area contributed by atoms with Gasteiger partial charge >= 0.3 is 0 Å². The van der Waals surface area contributed by atoms with Crippen molar-refractivity contribution in [3.8, 4) is 0 Å². The Morgan fingerprint density at radius 2 is 2.10 bits per heavy atom. The molecule has 0 spiro atoms. The highest BCUT2D eigenvalue weighted by atomic mass is 32.1. The molecule has 2 saturated carbocycles. The van der Waals surface area contributed by atoms with Crippen molar-refractivity contribution in [3.63, 3.8) is 0 Å². The number of thiophene rings is 1. The van der Waals surface area contributed by atoms with Crippen LogP contribution in [-0.2, 0) is 0 Å². The van der Waals surface area contributed by atoms with E-state index in [2.05, 4.69) is 17.6 Å². The first-order valence-electron chi connectivity index (χ1n) is 7.58. The molecule has 1 amide bonds. The molecule has 1 atom stereocenters. The smallest absolute Gasteiger partial charge is 0.263 e. The van der Waals surface area contributed by atoms with Crippen LogP contribution >= 0.6 is 11.3 Å². The highest BCUT2D eigenvalue weighted by Gasteiger charge is 2.35. The number of hydrogen-bond donors (Lipinski definition) is 3. The van der Waals surface area contributed by atoms with Gasteiger partial charge in [0.25, 0.3) is 5.91 Å². The van der Waals surface area contributed by atoms with Gasteiger partial charge in [-0.15, -0.1) is 11.3 Å². The molecule has 2 aliphatic rings. The molecule has 1 heterocycles. The van der Waals surface area contributed by atoms with Crippen LogP contribution in [0.25, 0.3) is 0 Å². The van der Waals surface area contributed by atoms with Crippen molar-refractivity contribution in [1.29, 1.82) is 0 Å². The number of carbonyl (C=O) groups excluding carboxylic acids is 1. The highest BCUT2D eigenvalue weighted by Crippen LogP contribution is 2.51. The minimum Gasteiger partial charge on any atom is -0.397 e. The van der Waals surface area contributed by atoms with Crippen molar-refractivity contribution in [3.05, 3.63) is 10.4 Å². The van der Waals surface area contributed by atoms with Crippen molar-refractivity contribution in [1.82, 2.24) is 5.32 Å². The summed E-state index contributed by atoms with van der Waals surface area (Å²) < 4.78 is 0. The molecule has 3 rings (SSSR count). The summed E-state index contributed by atoms with van der Waals surface area (Å²) in [4.78, 5) is 12.8. The van der Waals surface area contributed by atoms with Crippen LogP contribution in [0, 0.1) is 5.92 Å². The predicted molar refractivity (Wildman–Crippen MR) is 84.5 cm³/mol. The molecular weight excluding hydrogens is 270 g/mol. The van der Waals surface area contributed by atoms with E-state index >= 15 is 0 Å². The molecular formula is C15H23N3OS. The molecule has 20 heavy (non-hydrogen) atoms. The van der Waals surface area contributed by atoms with E-state index in [0.717, 1.165) is 10.9 Å². The summed E-state index contributed by atoms with van der Waals surface area (Å²) in [7, 11) is 0. The number of carbonyl (C=O) groups is 1. The second-order valence-electron chi connectivity index (χ2n) is 5.99. The number of rotatable bonds is 6. The average Bonchev–Trinajstić information content (AvgIpc) is 3.28. The third-order valence-corrected chi connectivity index (χ3v) is 5.35. The maximum absolute atomic E-state index is 12.1. The van der Waals surface area contributed by atoms with Gasteiger partial charge in [0.1, 0.15) is 4.88 Å². The van der Waals surface area contributed by atoms with E-state index in [9.17, 15) is 4.79 Å². The van der Waals surface area contributed by atoms with Crippen molar-refractivity contribution in [2.75, 3.05) is 17.6 Å². The normalized spacial score (nSPS) is 19.7. The van der Waals surface area contributed by atoms with Gasteiger partial charge in [0.2, 0.25) is 0 Å². The molecule has 1 aromatic rings. The molecule has 5 heteroatoms. The van der Waals surface area contributed by atoms with Crippen LogP contribution in [0.5, 0.6) is 0 Å². The SMILES string of the molecule is CCNC(=O)c1sc(NC(C)C2CC2)c(C2CC2)c1N. The molecule has 0 aromatic carbocycles. The van der Waals surface area contributed by atoms with Gasteiger partial charge in [-0.2, -0.15) is 0 Å². The molecule has 4 N–H and O–H groups in total. The number of hydrogen-bond acceptors (Lipinski definition) is 4. The maximum Gasteiger partial charge on any atom is 0.263 e. The zero-order valence-electron chi connectivity index (χ0n) is 12.2. The number of nitrogens with two attached hydrogens (primary N) is 1. The predicted octanol–water partition coefficient (Wildman–Crippen LogP) is 3.17. The zero-order valence-corrected chi connectivity index (χ0v) is 13.0. The fourth-order valence-corrected chi connectivity index (χ4v) is 3.89. The first-order valence-corrected chi connectivity index (χ1v) is 8.40. The zero-order chi connectivity index (χ0) is 14.3. The quantitative estimate of drug-likeness (QED) is 0.754. The van der Waals surface area contributed by atoms with Crippen LogP contribution in [-0.4, -0.2) is 18.5 Å². The number of amides is 1. The lowest BCUT2D eigenvalue weighted by Crippen LogP contribution is -2.22. The number of nitrogens with one attached hydrogen (secondary N) is 2. The molecule has 1 unspecified atom stereocenters. The third kappa shape index (κ3) is 2.64. The van der Waals surface area contributed by atoms with Gasteiger partial charge in [0.05, 0.1) is 10.7 Å². The molecule has 4 nitrogen and oxygen atoms in total. The maximum atomic E-state index is 12.1. The van der Waals surface area contributed by atoms with E-state index in [-0.39, 0.29) is 5.91 Å². The van der Waals surface area contributed by atoms with Crippen LogP contribution in [0.15, 0.2) is 0 Å². The Morgan fingerprint density at radius 3 is 2.65 bits per heavy atom. The van der Waals surface area contributed by atoms with Crippen LogP contribution < -0.4 is 16.4 Å². The number of nitrogen functional groups attached to an aromatic ring is 1. The summed E-state index contributed by atoms with van der Waals surface area (Å²) in [6, 6.07) is 0.479. The summed E-state index contributed by atoms with van der Waals surface area (Å²) in [6.07, 6.45) is 5.03. The monoisotopic (exact) mass is 293 g/mol. The molecule has 0 aliphatic heterocycles. The van der Waals surface area contributed by atoms with Crippen LogP contribution in [0.3, 0.4) is 0 Å². The Morgan fingerprint density at radius 1 is 1.40 bits per heavy atom. The lowest BCUT2D eigenvalue weighted by molar-refractivity contribution is 0.0960. The highest BCUT2D eigenvalue weighted by molar-refractivity contribution is 7.18. The van der Waals surface area contributed by atoms with Crippen molar-refractivity contribution in [2.24, 2.45) is 5.92 Å². The van der Waals surface area contributed by atoms with Crippen molar-refractivity contribution < 1.29 is 4.79 Å². The molecule has 1 aromatic heterocycles. The summed E-state index contributed by atoms with van der Waals surface area (Å²) in [5.74, 6) is 1.31. The van der Waals surface area contributed by atoms with Crippen LogP contribution in [0.1, 0.15) is 60.7 Å². The molecule has 2 fully saturated rings. The van der Waals surface area contributed by atoms with Crippen molar-refractivity contribution in [2.45, 2.75) is 51.5 Å². The topological polar surface area (TPSA) is 67.2 Å². The minimum absolute atomic E-state index is 0.0379. The second kappa shape index (κ2) is 5.28. The fraction of sp³-hybridized carbons (Fsp3) is 0.667. The van der Waals surface area contributed by atoms with Crippen molar-refractivity contribution >= 4 is 27.9 Å². The van der Waals surface area contributed by atoms with Gasteiger partial charge in [-0.05, 0) is 51.4 Å². The summed E-state index contributed by atoms with van der Waals surface area (Å²) >= 11 is 1.53. The van der Waals surface area contributed by atoms with Gasteiger partial charge in [0, 0.05) is 18.2 Å².